The average molecular weight is 615 g/mol. The molecule has 0 radical (unpaired) electrons. The summed E-state index contributed by atoms with van der Waals surface area (Å²) < 4.78 is 60.1. The second kappa shape index (κ2) is 13.5. The van der Waals surface area contributed by atoms with Crippen LogP contribution in [-0.2, 0) is 15.7 Å². The highest BCUT2D eigenvalue weighted by Crippen LogP contribution is 2.41. The van der Waals surface area contributed by atoms with Crippen LogP contribution in [0.4, 0.5) is 24.5 Å². The molecule has 2 unspecified atom stereocenters. The van der Waals surface area contributed by atoms with Gasteiger partial charge in [-0.2, -0.15) is 13.2 Å². The standard InChI is InChI=1S/C29H38ClF3N4O5/c1-5-6-9-41-25-16-37(22(18(25)3)12-27(38)39)19-10-20(29(31,32)33)28(35-13-19)42-24-7-8-36(15-17(24)2)23-11-26(40-4)34-14-21(23)30/h10-11,13-14,17-18,22,24-25H,5-9,12,15-16H2,1-4H3,(H,38,39)/t17?,18-,22-,24?,25-/m0/s1. The molecule has 0 bridgehead atoms. The van der Waals surface area contributed by atoms with E-state index in [0.717, 1.165) is 24.6 Å². The number of pyridine rings is 2. The van der Waals surface area contributed by atoms with Crippen molar-refractivity contribution < 1.29 is 37.3 Å². The molecule has 232 valence electrons. The van der Waals surface area contributed by atoms with Crippen LogP contribution in [0.5, 0.6) is 11.8 Å². The zero-order valence-corrected chi connectivity index (χ0v) is 25.0. The Morgan fingerprint density at radius 3 is 2.57 bits per heavy atom. The zero-order valence-electron chi connectivity index (χ0n) is 24.2. The van der Waals surface area contributed by atoms with Crippen molar-refractivity contribution in [2.24, 2.45) is 11.8 Å². The molecule has 2 aromatic heterocycles. The van der Waals surface area contributed by atoms with Crippen molar-refractivity contribution in [3.05, 3.63) is 35.1 Å². The molecule has 0 spiro atoms. The van der Waals surface area contributed by atoms with Gasteiger partial charge in [-0.15, -0.1) is 0 Å². The maximum absolute atomic E-state index is 14.3. The van der Waals surface area contributed by atoms with Crippen molar-refractivity contribution in [2.75, 3.05) is 43.2 Å². The van der Waals surface area contributed by atoms with Gasteiger partial charge in [-0.25, -0.2) is 9.97 Å². The van der Waals surface area contributed by atoms with Gasteiger partial charge in [0.15, 0.2) is 0 Å². The quantitative estimate of drug-likeness (QED) is 0.309. The summed E-state index contributed by atoms with van der Waals surface area (Å²) in [6.45, 7) is 7.61. The Balaban J connectivity index is 1.54. The maximum Gasteiger partial charge on any atom is 0.421 e. The lowest BCUT2D eigenvalue weighted by Gasteiger charge is -2.38. The molecule has 1 N–H and O–H groups in total. The summed E-state index contributed by atoms with van der Waals surface area (Å²) in [7, 11) is 1.51. The summed E-state index contributed by atoms with van der Waals surface area (Å²) in [5, 5.41) is 9.97. The Bertz CT molecular complexity index is 1240. The molecule has 2 aromatic rings. The van der Waals surface area contributed by atoms with Gasteiger partial charge < -0.3 is 29.1 Å². The van der Waals surface area contributed by atoms with E-state index in [-0.39, 0.29) is 36.6 Å². The molecule has 42 heavy (non-hydrogen) atoms. The third-order valence-electron chi connectivity index (χ3n) is 8.11. The van der Waals surface area contributed by atoms with Crippen molar-refractivity contribution >= 4 is 28.9 Å². The minimum absolute atomic E-state index is 0.142. The van der Waals surface area contributed by atoms with Gasteiger partial charge in [0, 0.05) is 56.6 Å². The molecule has 4 rings (SSSR count). The first kappa shape index (κ1) is 31.9. The third-order valence-corrected chi connectivity index (χ3v) is 8.40. The van der Waals surface area contributed by atoms with E-state index in [9.17, 15) is 23.1 Å². The zero-order chi connectivity index (χ0) is 30.6. The lowest BCUT2D eigenvalue weighted by molar-refractivity contribution is -0.140. The molecule has 9 nitrogen and oxygen atoms in total. The lowest BCUT2D eigenvalue weighted by Crippen LogP contribution is -2.45. The van der Waals surface area contributed by atoms with Gasteiger partial charge in [0.05, 0.1) is 48.4 Å². The Morgan fingerprint density at radius 2 is 1.93 bits per heavy atom. The van der Waals surface area contributed by atoms with Crippen LogP contribution in [0.15, 0.2) is 24.5 Å². The number of carboxylic acids is 1. The topological polar surface area (TPSA) is 97.3 Å². The van der Waals surface area contributed by atoms with Crippen molar-refractivity contribution in [1.82, 2.24) is 9.97 Å². The molecule has 2 fully saturated rings. The number of nitrogens with zero attached hydrogens (tertiary/aromatic N) is 4. The third kappa shape index (κ3) is 7.31. The van der Waals surface area contributed by atoms with Crippen molar-refractivity contribution in [3.63, 3.8) is 0 Å². The van der Waals surface area contributed by atoms with Crippen LogP contribution >= 0.6 is 11.6 Å². The number of ether oxygens (including phenoxy) is 3. The number of halogens is 4. The van der Waals surface area contributed by atoms with Gasteiger partial charge in [-0.05, 0) is 12.5 Å². The van der Waals surface area contributed by atoms with Gasteiger partial charge in [-0.3, -0.25) is 4.79 Å². The van der Waals surface area contributed by atoms with Crippen LogP contribution < -0.4 is 19.3 Å². The van der Waals surface area contributed by atoms with Crippen molar-refractivity contribution in [2.45, 2.75) is 70.9 Å². The maximum atomic E-state index is 14.3. The van der Waals surface area contributed by atoms with Gasteiger partial charge >= 0.3 is 12.1 Å². The summed E-state index contributed by atoms with van der Waals surface area (Å²) in [6, 6.07) is 2.21. The van der Waals surface area contributed by atoms with Crippen LogP contribution in [0.1, 0.15) is 52.0 Å². The summed E-state index contributed by atoms with van der Waals surface area (Å²) in [4.78, 5) is 23.6. The molecule has 4 heterocycles. The highest BCUT2D eigenvalue weighted by Gasteiger charge is 2.43. The Kier molecular flexibility index (Phi) is 10.3. The minimum atomic E-state index is -4.73. The largest absolute Gasteiger partial charge is 0.481 e. The first-order chi connectivity index (χ1) is 19.9. The Morgan fingerprint density at radius 1 is 1.17 bits per heavy atom. The number of carbonyl (C=O) groups is 1. The van der Waals surface area contributed by atoms with E-state index in [4.69, 9.17) is 25.8 Å². The molecule has 0 aliphatic carbocycles. The van der Waals surface area contributed by atoms with Crippen LogP contribution in [0.25, 0.3) is 0 Å². The predicted molar refractivity (Wildman–Crippen MR) is 153 cm³/mol. The number of carboxylic acid groups (broad SMARTS) is 1. The molecule has 5 atom stereocenters. The van der Waals surface area contributed by atoms with Gasteiger partial charge in [0.25, 0.3) is 0 Å². The summed E-state index contributed by atoms with van der Waals surface area (Å²) in [5.74, 6) is -1.43. The number of aromatic nitrogens is 2. The SMILES string of the molecule is CCCCO[C@H]1CN(c2cnc(OC3CCN(c4cc(OC)ncc4Cl)CC3C)c(C(F)(F)F)c2)[C@@H](CC(=O)O)[C@@H]1C. The first-order valence-electron chi connectivity index (χ1n) is 14.2. The second-order valence-corrected chi connectivity index (χ2v) is 11.4. The monoisotopic (exact) mass is 614 g/mol. The number of piperidine rings is 1. The van der Waals surface area contributed by atoms with Crippen LogP contribution in [-0.4, -0.2) is 72.6 Å². The number of alkyl halides is 3. The normalized spacial score (nSPS) is 24.6. The molecule has 2 aliphatic rings. The van der Waals surface area contributed by atoms with Crippen LogP contribution in [0, 0.1) is 11.8 Å². The fraction of sp³-hybridized carbons (Fsp3) is 0.621. The van der Waals surface area contributed by atoms with E-state index < -0.39 is 35.7 Å². The highest BCUT2D eigenvalue weighted by atomic mass is 35.5. The predicted octanol–water partition coefficient (Wildman–Crippen LogP) is 5.94. The number of anilines is 2. The van der Waals surface area contributed by atoms with E-state index >= 15 is 0 Å². The van der Waals surface area contributed by atoms with E-state index in [1.54, 1.807) is 11.0 Å². The number of hydrogen-bond acceptors (Lipinski definition) is 8. The molecule has 0 amide bonds. The number of hydrogen-bond donors (Lipinski definition) is 1. The highest BCUT2D eigenvalue weighted by molar-refractivity contribution is 6.33. The number of methoxy groups -OCH3 is 1. The smallest absolute Gasteiger partial charge is 0.421 e. The fourth-order valence-corrected chi connectivity index (χ4v) is 5.93. The average Bonchev–Trinajstić information content (AvgIpc) is 3.24. The fourth-order valence-electron chi connectivity index (χ4n) is 5.70. The number of unbranched alkanes of at least 4 members (excludes halogenated alkanes) is 1. The van der Waals surface area contributed by atoms with E-state index in [0.29, 0.717) is 37.0 Å². The Hall–Kier alpha value is -2.99. The molecule has 2 aliphatic heterocycles. The molecule has 13 heteroatoms. The van der Waals surface area contributed by atoms with Crippen LogP contribution in [0.2, 0.25) is 5.02 Å². The molecule has 0 aromatic carbocycles. The van der Waals surface area contributed by atoms with E-state index in [1.807, 2.05) is 25.7 Å². The van der Waals surface area contributed by atoms with Gasteiger partial charge in [0.1, 0.15) is 11.7 Å². The van der Waals surface area contributed by atoms with Crippen molar-refractivity contribution in [3.8, 4) is 11.8 Å². The molecule has 2 saturated heterocycles. The van der Waals surface area contributed by atoms with Crippen LogP contribution in [0.3, 0.4) is 0 Å². The Labute approximate surface area is 248 Å². The molecular formula is C29H38ClF3N4O5. The van der Waals surface area contributed by atoms with Crippen molar-refractivity contribution in [1.29, 1.82) is 0 Å². The first-order valence-corrected chi connectivity index (χ1v) is 14.6. The summed E-state index contributed by atoms with van der Waals surface area (Å²) in [6.07, 6.45) is -0.685. The van der Waals surface area contributed by atoms with E-state index in [1.165, 1.54) is 19.5 Å². The second-order valence-electron chi connectivity index (χ2n) is 11.0. The van der Waals surface area contributed by atoms with E-state index in [2.05, 4.69) is 9.97 Å². The van der Waals surface area contributed by atoms with Gasteiger partial charge in [-0.1, -0.05) is 38.8 Å². The number of rotatable bonds is 11. The van der Waals surface area contributed by atoms with Gasteiger partial charge in [0.2, 0.25) is 11.8 Å². The molecule has 0 saturated carbocycles. The summed E-state index contributed by atoms with van der Waals surface area (Å²) >= 11 is 6.36. The lowest BCUT2D eigenvalue weighted by atomic mass is 9.96. The number of aliphatic carboxylic acids is 1. The minimum Gasteiger partial charge on any atom is -0.481 e. The molecular weight excluding hydrogens is 577 g/mol. The summed E-state index contributed by atoms with van der Waals surface area (Å²) in [5.41, 5.74) is -0.0628.